The van der Waals surface area contributed by atoms with Gasteiger partial charge in [-0.15, -0.1) is 0 Å². The molecule has 0 saturated carbocycles. The summed E-state index contributed by atoms with van der Waals surface area (Å²) in [4.78, 5) is 4.17. The highest BCUT2D eigenvalue weighted by Crippen LogP contribution is 2.38. The molecule has 2 aliphatic rings. The third-order valence-corrected chi connectivity index (χ3v) is 4.88. The summed E-state index contributed by atoms with van der Waals surface area (Å²) >= 11 is 0. The molecule has 6 N–H and O–H groups in total. The summed E-state index contributed by atoms with van der Waals surface area (Å²) in [5, 5.41) is 51.5. The Hall–Kier alpha value is -0.770. The normalized spacial score (nSPS) is 46.7. The van der Waals surface area contributed by atoms with E-state index in [0.717, 1.165) is 0 Å². The predicted molar refractivity (Wildman–Crippen MR) is 78.5 cm³/mol. The quantitative estimate of drug-likeness (QED) is 0.342. The van der Waals surface area contributed by atoms with Gasteiger partial charge in [0.1, 0.15) is 30.3 Å². The molecule has 2 saturated heterocycles. The molecule has 2 rings (SSSR count). The summed E-state index contributed by atoms with van der Waals surface area (Å²) in [5.74, 6) is 0.0741. The fraction of sp³-hybridized carbons (Fsp3) is 0.929. The van der Waals surface area contributed by atoms with Crippen LogP contribution >= 0.6 is 0 Å². The molecule has 0 bridgehead atoms. The second-order valence-electron chi connectivity index (χ2n) is 6.67. The standard InChI is InChI=1S/C14H26N2O6/c1-6-14(2,3)12(21)8(22-6)4-15-13-11(20)10(19)9(18)7(5-17)16-13/h6-12,17-21H,4-5H2,1-3H3,(H,15,16). The van der Waals surface area contributed by atoms with Gasteiger partial charge in [-0.05, 0) is 6.92 Å². The van der Waals surface area contributed by atoms with E-state index in [-0.39, 0.29) is 18.5 Å². The van der Waals surface area contributed by atoms with Crippen molar-refractivity contribution in [3.8, 4) is 0 Å². The first kappa shape index (κ1) is 17.6. The van der Waals surface area contributed by atoms with Crippen LogP contribution in [0.3, 0.4) is 0 Å². The van der Waals surface area contributed by atoms with E-state index in [0.29, 0.717) is 0 Å². The highest BCUT2D eigenvalue weighted by atomic mass is 16.5. The van der Waals surface area contributed by atoms with Gasteiger partial charge < -0.3 is 35.6 Å². The lowest BCUT2D eigenvalue weighted by Gasteiger charge is -2.36. The van der Waals surface area contributed by atoms with Crippen LogP contribution < -0.4 is 5.32 Å². The second-order valence-corrected chi connectivity index (χ2v) is 6.67. The molecule has 2 heterocycles. The Morgan fingerprint density at radius 1 is 1.18 bits per heavy atom. The van der Waals surface area contributed by atoms with Gasteiger partial charge in [-0.25, -0.2) is 0 Å². The van der Waals surface area contributed by atoms with E-state index < -0.39 is 48.6 Å². The number of hydrogen-bond donors (Lipinski definition) is 6. The Morgan fingerprint density at radius 3 is 2.32 bits per heavy atom. The van der Waals surface area contributed by atoms with Crippen LogP contribution in [0, 0.1) is 5.41 Å². The highest BCUT2D eigenvalue weighted by molar-refractivity contribution is 5.88. The van der Waals surface area contributed by atoms with Gasteiger partial charge in [-0.2, -0.15) is 0 Å². The molecule has 0 amide bonds. The molecule has 8 nitrogen and oxygen atoms in total. The van der Waals surface area contributed by atoms with E-state index in [1.54, 1.807) is 0 Å². The van der Waals surface area contributed by atoms with Crippen LogP contribution in [0.15, 0.2) is 4.99 Å². The van der Waals surface area contributed by atoms with Gasteiger partial charge in [0.15, 0.2) is 0 Å². The fourth-order valence-electron chi connectivity index (χ4n) is 2.80. The number of hydrogen-bond acceptors (Lipinski definition) is 7. The van der Waals surface area contributed by atoms with Crippen molar-refractivity contribution in [1.82, 2.24) is 5.32 Å². The van der Waals surface area contributed by atoms with E-state index in [9.17, 15) is 25.5 Å². The van der Waals surface area contributed by atoms with Crippen molar-refractivity contribution in [3.63, 3.8) is 0 Å². The first-order valence-corrected chi connectivity index (χ1v) is 7.49. The fourth-order valence-corrected chi connectivity index (χ4v) is 2.80. The Labute approximate surface area is 129 Å². The van der Waals surface area contributed by atoms with Crippen molar-refractivity contribution in [2.45, 2.75) is 63.4 Å². The highest BCUT2D eigenvalue weighted by Gasteiger charge is 2.47. The first-order chi connectivity index (χ1) is 10.2. The third-order valence-electron chi connectivity index (χ3n) is 4.88. The molecular formula is C14H26N2O6. The van der Waals surface area contributed by atoms with Crippen molar-refractivity contribution in [2.24, 2.45) is 10.4 Å². The average Bonchev–Trinajstić information content (AvgIpc) is 2.67. The van der Waals surface area contributed by atoms with Crippen molar-refractivity contribution < 1.29 is 30.3 Å². The van der Waals surface area contributed by atoms with Crippen molar-refractivity contribution in [2.75, 3.05) is 13.2 Å². The number of amidine groups is 1. The molecule has 128 valence electrons. The van der Waals surface area contributed by atoms with Gasteiger partial charge >= 0.3 is 0 Å². The van der Waals surface area contributed by atoms with E-state index in [1.165, 1.54) is 0 Å². The van der Waals surface area contributed by atoms with Gasteiger partial charge in [-0.3, -0.25) is 4.99 Å². The van der Waals surface area contributed by atoms with Gasteiger partial charge in [0.05, 0.1) is 31.4 Å². The summed E-state index contributed by atoms with van der Waals surface area (Å²) in [6, 6.07) is -0.804. The maximum Gasteiger partial charge on any atom is 0.139 e. The van der Waals surface area contributed by atoms with Crippen LogP contribution in [0.1, 0.15) is 20.8 Å². The molecule has 0 spiro atoms. The summed E-state index contributed by atoms with van der Waals surface area (Å²) in [6.45, 7) is 5.40. The van der Waals surface area contributed by atoms with Crippen LogP contribution in [-0.2, 0) is 4.74 Å². The zero-order valence-electron chi connectivity index (χ0n) is 13.0. The number of aliphatic hydroxyl groups excluding tert-OH is 5. The molecule has 0 aromatic carbocycles. The molecule has 0 aromatic rings. The second kappa shape index (κ2) is 6.38. The summed E-state index contributed by atoms with van der Waals surface area (Å²) in [7, 11) is 0. The topological polar surface area (TPSA) is 135 Å². The molecule has 0 radical (unpaired) electrons. The summed E-state index contributed by atoms with van der Waals surface area (Å²) in [5.41, 5.74) is -0.396. The summed E-state index contributed by atoms with van der Waals surface area (Å²) in [6.07, 6.45) is -5.43. The van der Waals surface area contributed by atoms with Gasteiger partial charge in [0, 0.05) is 5.41 Å². The van der Waals surface area contributed by atoms with Crippen molar-refractivity contribution >= 4 is 5.84 Å². The van der Waals surface area contributed by atoms with Crippen molar-refractivity contribution in [3.05, 3.63) is 0 Å². The van der Waals surface area contributed by atoms with Crippen molar-refractivity contribution in [1.29, 1.82) is 0 Å². The zero-order chi connectivity index (χ0) is 16.7. The first-order valence-electron chi connectivity index (χ1n) is 7.49. The monoisotopic (exact) mass is 318 g/mol. The van der Waals surface area contributed by atoms with E-state index >= 15 is 0 Å². The third kappa shape index (κ3) is 2.99. The smallest absolute Gasteiger partial charge is 0.139 e. The minimum absolute atomic E-state index is 0.0741. The number of nitrogens with one attached hydrogen (secondary N) is 1. The minimum Gasteiger partial charge on any atom is -0.394 e. The molecule has 7 atom stereocenters. The molecule has 8 heteroatoms. The van der Waals surface area contributed by atoms with E-state index in [1.807, 2.05) is 20.8 Å². The van der Waals surface area contributed by atoms with Crippen LogP contribution in [0.25, 0.3) is 0 Å². The maximum atomic E-state index is 10.3. The van der Waals surface area contributed by atoms with Crippen LogP contribution in [0.2, 0.25) is 0 Å². The number of aliphatic hydroxyl groups is 5. The molecule has 0 aliphatic carbocycles. The predicted octanol–water partition coefficient (Wildman–Crippen LogP) is -2.39. The van der Waals surface area contributed by atoms with Crippen LogP contribution in [0.4, 0.5) is 0 Å². The number of ether oxygens (including phenoxy) is 1. The molecule has 2 fully saturated rings. The number of aliphatic imine (C=N–C) groups is 1. The number of nitrogens with zero attached hydrogens (tertiary/aromatic N) is 1. The lowest BCUT2D eigenvalue weighted by molar-refractivity contribution is -0.0682. The lowest BCUT2D eigenvalue weighted by atomic mass is 9.82. The zero-order valence-corrected chi connectivity index (χ0v) is 13.0. The number of rotatable bonds is 3. The average molecular weight is 318 g/mol. The van der Waals surface area contributed by atoms with Crippen LogP contribution in [0.5, 0.6) is 0 Å². The maximum absolute atomic E-state index is 10.3. The Balaban J connectivity index is 2.07. The van der Waals surface area contributed by atoms with Gasteiger partial charge in [-0.1, -0.05) is 13.8 Å². The SMILES string of the molecule is CC1OC(CN=C2NC(CO)C(O)C(O)C2O)C(O)C1(C)C. The molecule has 7 unspecified atom stereocenters. The number of piperidine rings is 1. The van der Waals surface area contributed by atoms with E-state index in [4.69, 9.17) is 4.74 Å². The molecule has 2 aliphatic heterocycles. The molecular weight excluding hydrogens is 292 g/mol. The van der Waals surface area contributed by atoms with Gasteiger partial charge in [0.2, 0.25) is 0 Å². The molecule has 0 aromatic heterocycles. The molecule has 22 heavy (non-hydrogen) atoms. The minimum atomic E-state index is -1.43. The van der Waals surface area contributed by atoms with E-state index in [2.05, 4.69) is 10.3 Å². The Morgan fingerprint density at radius 2 is 1.82 bits per heavy atom. The largest absolute Gasteiger partial charge is 0.394 e. The summed E-state index contributed by atoms with van der Waals surface area (Å²) < 4.78 is 5.69. The Kier molecular flexibility index (Phi) is 5.10. The van der Waals surface area contributed by atoms with Crippen LogP contribution in [-0.4, -0.2) is 87.2 Å². The Bertz CT molecular complexity index is 428. The van der Waals surface area contributed by atoms with Gasteiger partial charge in [0.25, 0.3) is 0 Å². The lowest BCUT2D eigenvalue weighted by Crippen LogP contribution is -2.64.